The van der Waals surface area contributed by atoms with Gasteiger partial charge in [0.1, 0.15) is 0 Å². The average Bonchev–Trinajstić information content (AvgIpc) is 2.33. The monoisotopic (exact) mass is 229 g/mol. The lowest BCUT2D eigenvalue weighted by molar-refractivity contribution is 1.12. The first-order valence-corrected chi connectivity index (χ1v) is 5.11. The summed E-state index contributed by atoms with van der Waals surface area (Å²) in [4.78, 5) is 8.03. The average molecular weight is 230 g/mol. The molecule has 0 saturated heterocycles. The summed E-state index contributed by atoms with van der Waals surface area (Å²) in [5, 5.41) is 9.19. The van der Waals surface area contributed by atoms with E-state index < -0.39 is 0 Å². The van der Waals surface area contributed by atoms with E-state index in [1.165, 1.54) is 0 Å². The highest BCUT2D eigenvalue weighted by atomic mass is 35.5. The maximum atomic E-state index is 8.62. The summed E-state index contributed by atoms with van der Waals surface area (Å²) in [5.74, 6) is 0. The molecule has 0 amide bonds. The van der Waals surface area contributed by atoms with Gasteiger partial charge in [-0.25, -0.2) is 0 Å². The van der Waals surface area contributed by atoms with Gasteiger partial charge in [-0.3, -0.25) is 9.97 Å². The summed E-state index contributed by atoms with van der Waals surface area (Å²) >= 11 is 6.07. The van der Waals surface area contributed by atoms with Gasteiger partial charge in [0.05, 0.1) is 23.2 Å². The number of hydrogen-bond acceptors (Lipinski definition) is 3. The Balaban J connectivity index is 2.48. The van der Waals surface area contributed by atoms with Crippen LogP contribution in [0.5, 0.6) is 0 Å². The minimum Gasteiger partial charge on any atom is -0.265 e. The summed E-state index contributed by atoms with van der Waals surface area (Å²) in [7, 11) is 0. The van der Waals surface area contributed by atoms with E-state index in [9.17, 15) is 0 Å². The van der Waals surface area contributed by atoms with Crippen LogP contribution in [0, 0.1) is 11.3 Å². The van der Waals surface area contributed by atoms with Crippen molar-refractivity contribution in [1.82, 2.24) is 9.97 Å². The third-order valence-electron chi connectivity index (χ3n) is 2.16. The molecule has 0 spiro atoms. The van der Waals surface area contributed by atoms with Crippen LogP contribution in [0.4, 0.5) is 0 Å². The van der Waals surface area contributed by atoms with Crippen molar-refractivity contribution in [2.75, 3.05) is 0 Å². The maximum absolute atomic E-state index is 8.62. The molecule has 0 aliphatic carbocycles. The minimum atomic E-state index is 0.287. The van der Waals surface area contributed by atoms with Crippen LogP contribution in [0.3, 0.4) is 0 Å². The Morgan fingerprint density at radius 3 is 2.75 bits per heavy atom. The molecule has 0 aliphatic rings. The predicted molar refractivity (Wildman–Crippen MR) is 61.8 cm³/mol. The number of nitriles is 1. The van der Waals surface area contributed by atoms with Crippen LogP contribution in [0.2, 0.25) is 5.02 Å². The Labute approximate surface area is 98.4 Å². The fourth-order valence-electron chi connectivity index (χ4n) is 1.41. The van der Waals surface area contributed by atoms with Gasteiger partial charge in [0.2, 0.25) is 0 Å². The first-order chi connectivity index (χ1) is 7.81. The largest absolute Gasteiger partial charge is 0.265 e. The quantitative estimate of drug-likeness (QED) is 0.796. The third-order valence-corrected chi connectivity index (χ3v) is 2.46. The highest BCUT2D eigenvalue weighted by Crippen LogP contribution is 2.27. The summed E-state index contributed by atoms with van der Waals surface area (Å²) in [6.45, 7) is 0. The molecule has 0 N–H and O–H groups in total. The summed E-state index contributed by atoms with van der Waals surface area (Å²) in [6.07, 6.45) is 5.27. The molecule has 2 rings (SSSR count). The Kier molecular flexibility index (Phi) is 3.13. The van der Waals surface area contributed by atoms with Gasteiger partial charge in [0.25, 0.3) is 0 Å². The highest BCUT2D eigenvalue weighted by Gasteiger charge is 2.05. The van der Waals surface area contributed by atoms with E-state index in [-0.39, 0.29) is 6.42 Å². The van der Waals surface area contributed by atoms with Crippen molar-refractivity contribution < 1.29 is 0 Å². The summed E-state index contributed by atoms with van der Waals surface area (Å²) in [6, 6.07) is 7.64. The number of rotatable bonds is 2. The van der Waals surface area contributed by atoms with Crippen molar-refractivity contribution in [1.29, 1.82) is 5.26 Å². The fourth-order valence-corrected chi connectivity index (χ4v) is 1.62. The molecule has 3 nitrogen and oxygen atoms in total. The molecule has 2 aromatic rings. The molecule has 0 bridgehead atoms. The Morgan fingerprint density at radius 1 is 1.31 bits per heavy atom. The van der Waals surface area contributed by atoms with E-state index in [0.717, 1.165) is 16.8 Å². The molecule has 0 aliphatic heterocycles. The second kappa shape index (κ2) is 4.73. The first-order valence-electron chi connectivity index (χ1n) is 4.73. The molecule has 2 heterocycles. The molecule has 2 aromatic heterocycles. The number of hydrogen-bond donors (Lipinski definition) is 0. The smallest absolute Gasteiger partial charge is 0.0774 e. The van der Waals surface area contributed by atoms with Gasteiger partial charge < -0.3 is 0 Å². The highest BCUT2D eigenvalue weighted by molar-refractivity contribution is 6.33. The molecule has 78 valence electrons. The Morgan fingerprint density at radius 2 is 2.06 bits per heavy atom. The zero-order valence-corrected chi connectivity index (χ0v) is 9.15. The van der Waals surface area contributed by atoms with E-state index in [0.29, 0.717) is 5.02 Å². The van der Waals surface area contributed by atoms with Crippen LogP contribution in [-0.4, -0.2) is 9.97 Å². The summed E-state index contributed by atoms with van der Waals surface area (Å²) in [5.41, 5.74) is 2.57. The van der Waals surface area contributed by atoms with Gasteiger partial charge in [-0.15, -0.1) is 0 Å². The van der Waals surface area contributed by atoms with Gasteiger partial charge in [0, 0.05) is 24.2 Å². The van der Waals surface area contributed by atoms with Crippen LogP contribution in [0.15, 0.2) is 36.8 Å². The normalized spacial score (nSPS) is 9.75. The van der Waals surface area contributed by atoms with Crippen LogP contribution in [0.25, 0.3) is 11.1 Å². The van der Waals surface area contributed by atoms with Crippen molar-refractivity contribution in [3.63, 3.8) is 0 Å². The van der Waals surface area contributed by atoms with Crippen LogP contribution in [-0.2, 0) is 6.42 Å². The van der Waals surface area contributed by atoms with Crippen molar-refractivity contribution >= 4 is 11.6 Å². The van der Waals surface area contributed by atoms with Crippen LogP contribution >= 0.6 is 11.6 Å². The fraction of sp³-hybridized carbons (Fsp3) is 0.0833. The lowest BCUT2D eigenvalue weighted by Crippen LogP contribution is -1.90. The molecule has 0 fully saturated rings. The van der Waals surface area contributed by atoms with Gasteiger partial charge in [-0.1, -0.05) is 11.6 Å². The number of pyridine rings is 2. The number of nitrogens with zero attached hydrogens (tertiary/aromatic N) is 3. The molecule has 0 aromatic carbocycles. The Hall–Kier alpha value is -1.92. The van der Waals surface area contributed by atoms with Crippen molar-refractivity contribution in [3.8, 4) is 17.2 Å². The van der Waals surface area contributed by atoms with Crippen molar-refractivity contribution in [2.45, 2.75) is 6.42 Å². The predicted octanol–water partition coefficient (Wildman–Crippen LogP) is 2.86. The zero-order valence-electron chi connectivity index (χ0n) is 8.39. The third kappa shape index (κ3) is 2.18. The first kappa shape index (κ1) is 10.6. The SMILES string of the molecule is N#CCc1cc(-c2ccncc2)c(Cl)cn1. The van der Waals surface area contributed by atoms with Crippen molar-refractivity contribution in [3.05, 3.63) is 47.5 Å². The molecular weight excluding hydrogens is 222 g/mol. The maximum Gasteiger partial charge on any atom is 0.0774 e. The molecule has 0 radical (unpaired) electrons. The van der Waals surface area contributed by atoms with E-state index in [4.69, 9.17) is 16.9 Å². The van der Waals surface area contributed by atoms with Gasteiger partial charge >= 0.3 is 0 Å². The molecule has 0 saturated carbocycles. The number of halogens is 1. The molecule has 4 heteroatoms. The zero-order chi connectivity index (χ0) is 11.4. The topological polar surface area (TPSA) is 49.6 Å². The molecule has 0 unspecified atom stereocenters. The standard InChI is InChI=1S/C12H8ClN3/c13-12-8-16-10(1-4-14)7-11(12)9-2-5-15-6-3-9/h2-3,5-8H,1H2. The molecular formula is C12H8ClN3. The van der Waals surface area contributed by atoms with Gasteiger partial charge in [-0.05, 0) is 23.8 Å². The van der Waals surface area contributed by atoms with Gasteiger partial charge in [0.15, 0.2) is 0 Å². The minimum absolute atomic E-state index is 0.287. The van der Waals surface area contributed by atoms with E-state index >= 15 is 0 Å². The second-order valence-corrected chi connectivity index (χ2v) is 3.63. The lowest BCUT2D eigenvalue weighted by Gasteiger charge is -2.05. The summed E-state index contributed by atoms with van der Waals surface area (Å²) < 4.78 is 0. The lowest BCUT2D eigenvalue weighted by atomic mass is 10.1. The van der Waals surface area contributed by atoms with E-state index in [1.54, 1.807) is 18.6 Å². The van der Waals surface area contributed by atoms with Crippen LogP contribution < -0.4 is 0 Å². The Bertz CT molecular complexity index is 532. The molecule has 16 heavy (non-hydrogen) atoms. The van der Waals surface area contributed by atoms with E-state index in [2.05, 4.69) is 16.0 Å². The van der Waals surface area contributed by atoms with Crippen LogP contribution in [0.1, 0.15) is 5.69 Å². The molecule has 0 atom stereocenters. The second-order valence-electron chi connectivity index (χ2n) is 3.23. The van der Waals surface area contributed by atoms with Crippen molar-refractivity contribution in [2.24, 2.45) is 0 Å². The number of aromatic nitrogens is 2. The van der Waals surface area contributed by atoms with E-state index in [1.807, 2.05) is 18.2 Å². The van der Waals surface area contributed by atoms with Gasteiger partial charge in [-0.2, -0.15) is 5.26 Å².